The fourth-order valence-electron chi connectivity index (χ4n) is 3.44. The van der Waals surface area contributed by atoms with Crippen molar-refractivity contribution in [3.05, 3.63) is 39.8 Å². The third kappa shape index (κ3) is 4.79. The van der Waals surface area contributed by atoms with Gasteiger partial charge in [0.05, 0.1) is 12.7 Å². The SMILES string of the molecule is COc1cc(SC)ccc1C(=O)OCC(=O)Nc1sc2c(c1C(N)=O)CC[C@@H](C)C2. The Morgan fingerprint density at radius 3 is 2.77 bits per heavy atom. The van der Waals surface area contributed by atoms with Crippen LogP contribution >= 0.6 is 23.1 Å². The van der Waals surface area contributed by atoms with Crippen LogP contribution in [0.1, 0.15) is 44.5 Å². The number of primary amides is 1. The molecular weight excluding hydrogens is 424 g/mol. The lowest BCUT2D eigenvalue weighted by molar-refractivity contribution is -0.119. The van der Waals surface area contributed by atoms with Crippen molar-refractivity contribution in [1.29, 1.82) is 0 Å². The largest absolute Gasteiger partial charge is 0.496 e. The highest BCUT2D eigenvalue weighted by Gasteiger charge is 2.27. The quantitative estimate of drug-likeness (QED) is 0.496. The third-order valence-electron chi connectivity index (χ3n) is 4.97. The highest BCUT2D eigenvalue weighted by atomic mass is 32.2. The maximum absolute atomic E-state index is 12.4. The van der Waals surface area contributed by atoms with Crippen molar-refractivity contribution in [3.8, 4) is 5.75 Å². The van der Waals surface area contributed by atoms with Crippen molar-refractivity contribution < 1.29 is 23.9 Å². The van der Waals surface area contributed by atoms with Crippen LogP contribution in [0, 0.1) is 5.92 Å². The van der Waals surface area contributed by atoms with Gasteiger partial charge in [-0.3, -0.25) is 9.59 Å². The molecule has 3 N–H and O–H groups in total. The predicted molar refractivity (Wildman–Crippen MR) is 118 cm³/mol. The van der Waals surface area contributed by atoms with Crippen molar-refractivity contribution in [1.82, 2.24) is 0 Å². The molecule has 1 aromatic carbocycles. The second-order valence-electron chi connectivity index (χ2n) is 7.11. The fourth-order valence-corrected chi connectivity index (χ4v) is 5.30. The van der Waals surface area contributed by atoms with E-state index in [0.29, 0.717) is 22.2 Å². The van der Waals surface area contributed by atoms with Crippen molar-refractivity contribution in [2.24, 2.45) is 11.7 Å². The van der Waals surface area contributed by atoms with E-state index in [1.54, 1.807) is 18.2 Å². The van der Waals surface area contributed by atoms with Crippen LogP contribution in [0.15, 0.2) is 23.1 Å². The zero-order chi connectivity index (χ0) is 21.8. The van der Waals surface area contributed by atoms with Crippen LogP contribution in [-0.2, 0) is 22.4 Å². The molecule has 0 saturated heterocycles. The van der Waals surface area contributed by atoms with Gasteiger partial charge in [0.1, 0.15) is 16.3 Å². The number of nitrogens with one attached hydrogen (secondary N) is 1. The maximum Gasteiger partial charge on any atom is 0.342 e. The topological polar surface area (TPSA) is 108 Å². The molecule has 7 nitrogen and oxygen atoms in total. The molecule has 160 valence electrons. The lowest BCUT2D eigenvalue weighted by Crippen LogP contribution is -2.23. The number of hydrogen-bond acceptors (Lipinski definition) is 7. The van der Waals surface area contributed by atoms with Crippen LogP contribution in [0.25, 0.3) is 0 Å². The second-order valence-corrected chi connectivity index (χ2v) is 9.10. The summed E-state index contributed by atoms with van der Waals surface area (Å²) in [6.45, 7) is 1.67. The molecule has 2 amide bonds. The number of hydrogen-bond donors (Lipinski definition) is 2. The number of thioether (sulfide) groups is 1. The molecule has 0 aliphatic heterocycles. The van der Waals surface area contributed by atoms with E-state index in [4.69, 9.17) is 15.2 Å². The molecule has 1 atom stereocenters. The zero-order valence-electron chi connectivity index (χ0n) is 17.1. The summed E-state index contributed by atoms with van der Waals surface area (Å²) in [5, 5.41) is 3.11. The molecule has 1 aromatic heterocycles. The highest BCUT2D eigenvalue weighted by Crippen LogP contribution is 2.39. The van der Waals surface area contributed by atoms with Crippen molar-refractivity contribution >= 4 is 45.9 Å². The lowest BCUT2D eigenvalue weighted by atomic mass is 9.88. The van der Waals surface area contributed by atoms with Crippen LogP contribution in [0.5, 0.6) is 5.75 Å². The summed E-state index contributed by atoms with van der Waals surface area (Å²) in [7, 11) is 1.47. The minimum atomic E-state index is -0.663. The summed E-state index contributed by atoms with van der Waals surface area (Å²) in [4.78, 5) is 38.8. The molecule has 0 unspecified atom stereocenters. The summed E-state index contributed by atoms with van der Waals surface area (Å²) in [6.07, 6.45) is 4.52. The van der Waals surface area contributed by atoms with Crippen molar-refractivity contribution in [2.45, 2.75) is 31.1 Å². The number of ether oxygens (including phenoxy) is 2. The van der Waals surface area contributed by atoms with Gasteiger partial charge in [0, 0.05) is 9.77 Å². The van der Waals surface area contributed by atoms with Gasteiger partial charge in [-0.2, -0.15) is 0 Å². The van der Waals surface area contributed by atoms with Gasteiger partial charge in [-0.25, -0.2) is 4.79 Å². The third-order valence-corrected chi connectivity index (χ3v) is 6.87. The minimum Gasteiger partial charge on any atom is -0.496 e. The monoisotopic (exact) mass is 448 g/mol. The molecule has 0 spiro atoms. The number of methoxy groups -OCH3 is 1. The number of anilines is 1. The van der Waals surface area contributed by atoms with E-state index in [0.717, 1.165) is 34.6 Å². The molecule has 0 saturated carbocycles. The van der Waals surface area contributed by atoms with E-state index in [1.165, 1.54) is 30.2 Å². The Morgan fingerprint density at radius 1 is 1.33 bits per heavy atom. The summed E-state index contributed by atoms with van der Waals surface area (Å²) >= 11 is 2.89. The van der Waals surface area contributed by atoms with E-state index in [-0.39, 0.29) is 5.56 Å². The molecule has 1 aliphatic carbocycles. The molecule has 3 rings (SSSR count). The van der Waals surface area contributed by atoms with Crippen LogP contribution < -0.4 is 15.8 Å². The first-order chi connectivity index (χ1) is 14.3. The Bertz CT molecular complexity index is 986. The normalized spacial score (nSPS) is 15.2. The van der Waals surface area contributed by atoms with E-state index < -0.39 is 24.4 Å². The van der Waals surface area contributed by atoms with Gasteiger partial charge in [0.15, 0.2) is 6.61 Å². The zero-order valence-corrected chi connectivity index (χ0v) is 18.7. The first kappa shape index (κ1) is 22.2. The average Bonchev–Trinajstić information content (AvgIpc) is 3.08. The molecule has 0 radical (unpaired) electrons. The molecule has 2 aromatic rings. The van der Waals surface area contributed by atoms with Crippen LogP contribution in [0.2, 0.25) is 0 Å². The summed E-state index contributed by atoms with van der Waals surface area (Å²) in [5.41, 5.74) is 7.10. The van der Waals surface area contributed by atoms with Gasteiger partial charge in [-0.05, 0) is 55.2 Å². The summed E-state index contributed by atoms with van der Waals surface area (Å²) in [5.74, 6) is -0.855. The smallest absolute Gasteiger partial charge is 0.342 e. The Labute approximate surface area is 183 Å². The van der Waals surface area contributed by atoms with Crippen LogP contribution in [-0.4, -0.2) is 37.8 Å². The first-order valence-electron chi connectivity index (χ1n) is 9.47. The number of nitrogens with two attached hydrogens (primary N) is 1. The van der Waals surface area contributed by atoms with E-state index in [2.05, 4.69) is 12.2 Å². The van der Waals surface area contributed by atoms with Crippen LogP contribution in [0.3, 0.4) is 0 Å². The number of carbonyl (C=O) groups is 3. The summed E-state index contributed by atoms with van der Waals surface area (Å²) < 4.78 is 10.4. The molecule has 0 fully saturated rings. The summed E-state index contributed by atoms with van der Waals surface area (Å²) in [6, 6.07) is 5.11. The highest BCUT2D eigenvalue weighted by molar-refractivity contribution is 7.98. The Hall–Kier alpha value is -2.52. The van der Waals surface area contributed by atoms with Gasteiger partial charge in [-0.1, -0.05) is 6.92 Å². The number of benzene rings is 1. The Balaban J connectivity index is 1.68. The number of rotatable bonds is 7. The Kier molecular flexibility index (Phi) is 7.04. The van der Waals surface area contributed by atoms with Gasteiger partial charge in [0.25, 0.3) is 11.8 Å². The number of thiophene rings is 1. The minimum absolute atomic E-state index is 0.238. The number of carbonyl (C=O) groups excluding carboxylic acids is 3. The van der Waals surface area contributed by atoms with Gasteiger partial charge < -0.3 is 20.5 Å². The number of amides is 2. The van der Waals surface area contributed by atoms with Crippen molar-refractivity contribution in [3.63, 3.8) is 0 Å². The molecule has 1 heterocycles. The van der Waals surface area contributed by atoms with E-state index in [1.807, 2.05) is 6.26 Å². The average molecular weight is 449 g/mol. The molecular formula is C21H24N2O5S2. The maximum atomic E-state index is 12.4. The fraction of sp³-hybridized carbons (Fsp3) is 0.381. The lowest BCUT2D eigenvalue weighted by Gasteiger charge is -2.18. The predicted octanol–water partition coefficient (Wildman–Crippen LogP) is 3.50. The molecule has 30 heavy (non-hydrogen) atoms. The standard InChI is InChI=1S/C21H24N2O5S2/c1-11-4-6-14-16(8-11)30-20(18(14)19(22)25)23-17(24)10-28-21(26)13-7-5-12(29-3)9-15(13)27-2/h5,7,9,11H,4,6,8,10H2,1-3H3,(H2,22,25)(H,23,24)/t11-/m1/s1. The first-order valence-corrected chi connectivity index (χ1v) is 11.5. The number of fused-ring (bicyclic) bond motifs is 1. The molecule has 1 aliphatic rings. The molecule has 0 bridgehead atoms. The Morgan fingerprint density at radius 2 is 2.10 bits per heavy atom. The van der Waals surface area contributed by atoms with Gasteiger partial charge in [-0.15, -0.1) is 23.1 Å². The van der Waals surface area contributed by atoms with Gasteiger partial charge in [0.2, 0.25) is 0 Å². The second kappa shape index (κ2) is 9.53. The van der Waals surface area contributed by atoms with Crippen LogP contribution in [0.4, 0.5) is 5.00 Å². The number of esters is 1. The molecule has 9 heteroatoms. The van der Waals surface area contributed by atoms with E-state index >= 15 is 0 Å². The van der Waals surface area contributed by atoms with Crippen molar-refractivity contribution in [2.75, 3.05) is 25.3 Å². The van der Waals surface area contributed by atoms with E-state index in [9.17, 15) is 14.4 Å². The van der Waals surface area contributed by atoms with Gasteiger partial charge >= 0.3 is 5.97 Å².